The highest BCUT2D eigenvalue weighted by Crippen LogP contribution is 2.39. The van der Waals surface area contributed by atoms with E-state index in [2.05, 4.69) is 39.0 Å². The summed E-state index contributed by atoms with van der Waals surface area (Å²) in [7, 11) is 0. The van der Waals surface area contributed by atoms with Gasteiger partial charge in [0, 0.05) is 0 Å². The van der Waals surface area contributed by atoms with Crippen LogP contribution in [0.25, 0.3) is 0 Å². The molecule has 0 fully saturated rings. The first kappa shape index (κ1) is 16.8. The van der Waals surface area contributed by atoms with Gasteiger partial charge in [-0.3, -0.25) is 0 Å². The Morgan fingerprint density at radius 2 is 1.40 bits per heavy atom. The van der Waals surface area contributed by atoms with Crippen LogP contribution < -0.4 is 0 Å². The summed E-state index contributed by atoms with van der Waals surface area (Å²) in [6, 6.07) is 10.6. The van der Waals surface area contributed by atoms with Crippen LogP contribution >= 0.6 is 0 Å². The van der Waals surface area contributed by atoms with Gasteiger partial charge in [-0.15, -0.1) is 0 Å². The third-order valence-electron chi connectivity index (χ3n) is 4.37. The SMILES string of the molecule is CCCCC(CCC)(CCCC)c1ccc(C#N)cc1. The molecule has 1 aromatic carbocycles. The first-order valence-electron chi connectivity index (χ1n) is 8.23. The normalized spacial score (nSPS) is 11.3. The lowest BCUT2D eigenvalue weighted by molar-refractivity contribution is 0.315. The molecule has 0 unspecified atom stereocenters. The molecule has 20 heavy (non-hydrogen) atoms. The van der Waals surface area contributed by atoms with Crippen LogP contribution in [0.4, 0.5) is 0 Å². The van der Waals surface area contributed by atoms with Gasteiger partial charge in [0.1, 0.15) is 0 Å². The van der Waals surface area contributed by atoms with Crippen molar-refractivity contribution < 1.29 is 0 Å². The molecule has 0 spiro atoms. The lowest BCUT2D eigenvalue weighted by Crippen LogP contribution is -2.26. The smallest absolute Gasteiger partial charge is 0.0991 e. The lowest BCUT2D eigenvalue weighted by atomic mass is 9.70. The molecular formula is C19H29N. The van der Waals surface area contributed by atoms with Crippen LogP contribution in [0.1, 0.15) is 83.3 Å². The van der Waals surface area contributed by atoms with Gasteiger partial charge in [-0.1, -0.05) is 65.0 Å². The van der Waals surface area contributed by atoms with Crippen molar-refractivity contribution in [1.29, 1.82) is 5.26 Å². The van der Waals surface area contributed by atoms with E-state index in [9.17, 15) is 0 Å². The minimum atomic E-state index is 0.328. The fourth-order valence-electron chi connectivity index (χ4n) is 3.22. The van der Waals surface area contributed by atoms with Crippen molar-refractivity contribution in [2.75, 3.05) is 0 Å². The summed E-state index contributed by atoms with van der Waals surface area (Å²) in [5, 5.41) is 8.97. The van der Waals surface area contributed by atoms with Crippen LogP contribution in [-0.4, -0.2) is 0 Å². The van der Waals surface area contributed by atoms with Crippen LogP contribution in [-0.2, 0) is 5.41 Å². The minimum Gasteiger partial charge on any atom is -0.192 e. The number of hydrogen-bond acceptors (Lipinski definition) is 1. The van der Waals surface area contributed by atoms with E-state index in [0.717, 1.165) is 5.56 Å². The molecule has 0 saturated heterocycles. The highest BCUT2D eigenvalue weighted by molar-refractivity contribution is 5.35. The van der Waals surface area contributed by atoms with Gasteiger partial charge in [0.05, 0.1) is 11.6 Å². The second-order valence-electron chi connectivity index (χ2n) is 5.93. The van der Waals surface area contributed by atoms with E-state index >= 15 is 0 Å². The number of nitrogens with zero attached hydrogens (tertiary/aromatic N) is 1. The second-order valence-corrected chi connectivity index (χ2v) is 5.93. The molecule has 0 saturated carbocycles. The maximum absolute atomic E-state index is 8.97. The van der Waals surface area contributed by atoms with Gasteiger partial charge in [0.25, 0.3) is 0 Å². The van der Waals surface area contributed by atoms with Crippen molar-refractivity contribution in [3.05, 3.63) is 35.4 Å². The fraction of sp³-hybridized carbons (Fsp3) is 0.632. The second kappa shape index (κ2) is 8.80. The average Bonchev–Trinajstić information content (AvgIpc) is 2.50. The summed E-state index contributed by atoms with van der Waals surface area (Å²) in [5.41, 5.74) is 2.54. The Labute approximate surface area is 125 Å². The Hall–Kier alpha value is -1.29. The third-order valence-corrected chi connectivity index (χ3v) is 4.37. The molecule has 1 aromatic rings. The molecule has 0 aliphatic rings. The van der Waals surface area contributed by atoms with Gasteiger partial charge < -0.3 is 0 Å². The van der Waals surface area contributed by atoms with Crippen LogP contribution in [0, 0.1) is 11.3 Å². The molecule has 1 rings (SSSR count). The van der Waals surface area contributed by atoms with Crippen molar-refractivity contribution >= 4 is 0 Å². The summed E-state index contributed by atoms with van der Waals surface area (Å²) in [4.78, 5) is 0. The van der Waals surface area contributed by atoms with E-state index < -0.39 is 0 Å². The molecule has 1 nitrogen and oxygen atoms in total. The van der Waals surface area contributed by atoms with E-state index in [1.54, 1.807) is 0 Å². The largest absolute Gasteiger partial charge is 0.192 e. The van der Waals surface area contributed by atoms with E-state index in [1.165, 1.54) is 56.9 Å². The molecule has 0 atom stereocenters. The third kappa shape index (κ3) is 4.37. The van der Waals surface area contributed by atoms with Gasteiger partial charge >= 0.3 is 0 Å². The Balaban J connectivity index is 3.06. The van der Waals surface area contributed by atoms with Gasteiger partial charge in [-0.25, -0.2) is 0 Å². The predicted molar refractivity (Wildman–Crippen MR) is 86.8 cm³/mol. The molecule has 0 amide bonds. The van der Waals surface area contributed by atoms with Crippen molar-refractivity contribution in [2.24, 2.45) is 0 Å². The zero-order chi connectivity index (χ0) is 14.8. The van der Waals surface area contributed by atoms with Gasteiger partial charge in [-0.2, -0.15) is 5.26 Å². The molecule has 0 aliphatic carbocycles. The molecule has 1 heteroatoms. The summed E-state index contributed by atoms with van der Waals surface area (Å²) in [6.45, 7) is 6.83. The first-order valence-corrected chi connectivity index (χ1v) is 8.23. The van der Waals surface area contributed by atoms with E-state index in [-0.39, 0.29) is 0 Å². The van der Waals surface area contributed by atoms with Crippen LogP contribution in [0.5, 0.6) is 0 Å². The number of unbranched alkanes of at least 4 members (excludes halogenated alkanes) is 2. The van der Waals surface area contributed by atoms with Crippen molar-refractivity contribution in [3.8, 4) is 6.07 Å². The molecule has 0 heterocycles. The molecule has 0 radical (unpaired) electrons. The molecular weight excluding hydrogens is 242 g/mol. The van der Waals surface area contributed by atoms with Gasteiger partial charge in [-0.05, 0) is 42.4 Å². The number of rotatable bonds is 9. The number of hydrogen-bond donors (Lipinski definition) is 0. The van der Waals surface area contributed by atoms with Crippen LogP contribution in [0.3, 0.4) is 0 Å². The summed E-state index contributed by atoms with van der Waals surface area (Å²) >= 11 is 0. The maximum atomic E-state index is 8.97. The predicted octanol–water partition coefficient (Wildman–Crippen LogP) is 5.98. The fourth-order valence-corrected chi connectivity index (χ4v) is 3.22. The quantitative estimate of drug-likeness (QED) is 0.542. The molecule has 0 N–H and O–H groups in total. The van der Waals surface area contributed by atoms with Crippen LogP contribution in [0.15, 0.2) is 24.3 Å². The van der Waals surface area contributed by atoms with Crippen molar-refractivity contribution in [1.82, 2.24) is 0 Å². The Morgan fingerprint density at radius 3 is 1.80 bits per heavy atom. The van der Waals surface area contributed by atoms with Crippen molar-refractivity contribution in [3.63, 3.8) is 0 Å². The zero-order valence-electron chi connectivity index (χ0n) is 13.4. The summed E-state index contributed by atoms with van der Waals surface area (Å²) in [6.07, 6.45) is 10.2. The topological polar surface area (TPSA) is 23.8 Å². The molecule has 110 valence electrons. The van der Waals surface area contributed by atoms with E-state index in [1.807, 2.05) is 12.1 Å². The highest BCUT2D eigenvalue weighted by atomic mass is 14.3. The molecule has 0 bridgehead atoms. The summed E-state index contributed by atoms with van der Waals surface area (Å²) in [5.74, 6) is 0. The standard InChI is InChI=1S/C19H29N/c1-4-7-14-19(13-6-3,15-8-5-2)18-11-9-17(16-20)10-12-18/h9-12H,4-8,13-15H2,1-3H3. The lowest BCUT2D eigenvalue weighted by Gasteiger charge is -2.35. The van der Waals surface area contributed by atoms with E-state index in [0.29, 0.717) is 5.41 Å². The highest BCUT2D eigenvalue weighted by Gasteiger charge is 2.29. The maximum Gasteiger partial charge on any atom is 0.0991 e. The van der Waals surface area contributed by atoms with Crippen molar-refractivity contribution in [2.45, 2.75) is 77.6 Å². The number of nitriles is 1. The Morgan fingerprint density at radius 1 is 0.850 bits per heavy atom. The van der Waals surface area contributed by atoms with Gasteiger partial charge in [0.2, 0.25) is 0 Å². The molecule has 0 aromatic heterocycles. The van der Waals surface area contributed by atoms with E-state index in [4.69, 9.17) is 5.26 Å². The average molecular weight is 271 g/mol. The number of benzene rings is 1. The Kier molecular flexibility index (Phi) is 7.37. The Bertz CT molecular complexity index is 402. The zero-order valence-corrected chi connectivity index (χ0v) is 13.4. The minimum absolute atomic E-state index is 0.328. The van der Waals surface area contributed by atoms with Crippen LogP contribution in [0.2, 0.25) is 0 Å². The monoisotopic (exact) mass is 271 g/mol. The first-order chi connectivity index (χ1) is 9.72. The summed E-state index contributed by atoms with van der Waals surface area (Å²) < 4.78 is 0. The molecule has 0 aliphatic heterocycles. The van der Waals surface area contributed by atoms with Gasteiger partial charge in [0.15, 0.2) is 0 Å².